The van der Waals surface area contributed by atoms with E-state index in [4.69, 9.17) is 0 Å². The second-order valence-electron chi connectivity index (χ2n) is 7.48. The Hall–Kier alpha value is -0.0800. The SMILES string of the molecule is CCN(CC)CC1CCN(C(=NC)NCCN(C)C2CCCC2)C1.I. The highest BCUT2D eigenvalue weighted by molar-refractivity contribution is 14.0. The predicted molar refractivity (Wildman–Crippen MR) is 119 cm³/mol. The van der Waals surface area contributed by atoms with Crippen LogP contribution in [0.3, 0.4) is 0 Å². The Balaban J connectivity index is 0.00000312. The van der Waals surface area contributed by atoms with Crippen molar-refractivity contribution in [1.82, 2.24) is 20.0 Å². The van der Waals surface area contributed by atoms with Gasteiger partial charge < -0.3 is 20.0 Å². The van der Waals surface area contributed by atoms with Gasteiger partial charge >= 0.3 is 0 Å². The van der Waals surface area contributed by atoms with Gasteiger partial charge in [0.1, 0.15) is 0 Å². The van der Waals surface area contributed by atoms with E-state index in [1.54, 1.807) is 0 Å². The van der Waals surface area contributed by atoms with Gasteiger partial charge in [-0.05, 0) is 45.3 Å². The molecule has 0 aromatic heterocycles. The second kappa shape index (κ2) is 12.3. The lowest BCUT2D eigenvalue weighted by atomic mass is 10.1. The van der Waals surface area contributed by atoms with Gasteiger partial charge in [-0.2, -0.15) is 0 Å². The molecule has 1 saturated heterocycles. The van der Waals surface area contributed by atoms with E-state index in [0.29, 0.717) is 0 Å². The standard InChI is InChI=1S/C19H39N5.HI/c1-5-23(6-2)15-17-11-13-24(16-17)19(20-3)21-12-14-22(4)18-9-7-8-10-18;/h17-18H,5-16H2,1-4H3,(H,20,21);1H. The molecule has 1 N–H and O–H groups in total. The quantitative estimate of drug-likeness (QED) is 0.340. The van der Waals surface area contributed by atoms with Crippen LogP contribution in [0, 0.1) is 5.92 Å². The maximum atomic E-state index is 4.52. The fourth-order valence-electron chi connectivity index (χ4n) is 4.22. The van der Waals surface area contributed by atoms with Crippen molar-refractivity contribution in [3.63, 3.8) is 0 Å². The molecule has 1 aliphatic heterocycles. The van der Waals surface area contributed by atoms with E-state index in [1.165, 1.54) is 38.6 Å². The van der Waals surface area contributed by atoms with Crippen molar-refractivity contribution in [2.75, 3.05) is 59.9 Å². The van der Waals surface area contributed by atoms with E-state index in [0.717, 1.165) is 57.2 Å². The second-order valence-corrected chi connectivity index (χ2v) is 7.48. The largest absolute Gasteiger partial charge is 0.355 e. The molecule has 2 aliphatic rings. The van der Waals surface area contributed by atoms with Crippen molar-refractivity contribution in [3.8, 4) is 0 Å². The monoisotopic (exact) mass is 465 g/mol. The molecule has 148 valence electrons. The van der Waals surface area contributed by atoms with Crippen molar-refractivity contribution in [2.45, 2.75) is 52.0 Å². The third kappa shape index (κ3) is 7.21. The Labute approximate surface area is 172 Å². The van der Waals surface area contributed by atoms with E-state index in [1.807, 2.05) is 7.05 Å². The number of aliphatic imine (C=N–C) groups is 1. The minimum absolute atomic E-state index is 0. The lowest BCUT2D eigenvalue weighted by Gasteiger charge is -2.27. The van der Waals surface area contributed by atoms with Gasteiger partial charge in [-0.25, -0.2) is 0 Å². The molecule has 1 heterocycles. The summed E-state index contributed by atoms with van der Waals surface area (Å²) in [5.74, 6) is 1.88. The van der Waals surface area contributed by atoms with E-state index in [9.17, 15) is 0 Å². The first-order chi connectivity index (χ1) is 11.7. The summed E-state index contributed by atoms with van der Waals surface area (Å²) in [4.78, 5) is 12.0. The molecule has 1 aliphatic carbocycles. The Bertz CT molecular complexity index is 380. The number of hydrogen-bond donors (Lipinski definition) is 1. The Morgan fingerprint density at radius 2 is 1.84 bits per heavy atom. The minimum atomic E-state index is 0. The van der Waals surface area contributed by atoms with Crippen molar-refractivity contribution < 1.29 is 0 Å². The molecule has 25 heavy (non-hydrogen) atoms. The van der Waals surface area contributed by atoms with Crippen LogP contribution < -0.4 is 5.32 Å². The molecule has 2 fully saturated rings. The summed E-state index contributed by atoms with van der Waals surface area (Å²) in [7, 11) is 4.19. The molecule has 0 spiro atoms. The first-order valence-electron chi connectivity index (χ1n) is 10.1. The Kier molecular flexibility index (Phi) is 11.3. The number of likely N-dealkylation sites (tertiary alicyclic amines) is 1. The van der Waals surface area contributed by atoms with Crippen LogP contribution in [-0.2, 0) is 0 Å². The van der Waals surface area contributed by atoms with Gasteiger partial charge in [0.15, 0.2) is 5.96 Å². The molecule has 5 nitrogen and oxygen atoms in total. The molecular formula is C19H40IN5. The predicted octanol–water partition coefficient (Wildman–Crippen LogP) is 2.72. The van der Waals surface area contributed by atoms with Crippen molar-refractivity contribution in [1.29, 1.82) is 0 Å². The van der Waals surface area contributed by atoms with Crippen LogP contribution in [0.1, 0.15) is 46.0 Å². The molecule has 2 rings (SSSR count). The number of nitrogens with zero attached hydrogens (tertiary/aromatic N) is 4. The molecule has 1 atom stereocenters. The first kappa shape index (κ1) is 23.0. The van der Waals surface area contributed by atoms with Crippen LogP contribution in [0.25, 0.3) is 0 Å². The van der Waals surface area contributed by atoms with E-state index < -0.39 is 0 Å². The maximum Gasteiger partial charge on any atom is 0.193 e. The Morgan fingerprint density at radius 1 is 1.16 bits per heavy atom. The van der Waals surface area contributed by atoms with Crippen LogP contribution in [0.4, 0.5) is 0 Å². The molecule has 1 unspecified atom stereocenters. The van der Waals surface area contributed by atoms with Crippen LogP contribution in [0.15, 0.2) is 4.99 Å². The van der Waals surface area contributed by atoms with E-state index in [-0.39, 0.29) is 24.0 Å². The van der Waals surface area contributed by atoms with E-state index in [2.05, 4.69) is 45.9 Å². The van der Waals surface area contributed by atoms with Crippen molar-refractivity contribution in [2.24, 2.45) is 10.9 Å². The highest BCUT2D eigenvalue weighted by Crippen LogP contribution is 2.22. The Morgan fingerprint density at radius 3 is 2.44 bits per heavy atom. The molecule has 0 bridgehead atoms. The minimum Gasteiger partial charge on any atom is -0.355 e. The van der Waals surface area contributed by atoms with Crippen molar-refractivity contribution >= 4 is 29.9 Å². The zero-order valence-electron chi connectivity index (χ0n) is 16.8. The molecule has 0 aromatic carbocycles. The van der Waals surface area contributed by atoms with Gasteiger partial charge in [-0.15, -0.1) is 24.0 Å². The first-order valence-corrected chi connectivity index (χ1v) is 10.1. The summed E-state index contributed by atoms with van der Waals surface area (Å²) in [6.45, 7) is 12.5. The lowest BCUT2D eigenvalue weighted by Crippen LogP contribution is -2.44. The summed E-state index contributed by atoms with van der Waals surface area (Å²) >= 11 is 0. The summed E-state index contributed by atoms with van der Waals surface area (Å²) in [6, 6.07) is 0.805. The fraction of sp³-hybridized carbons (Fsp3) is 0.947. The molecular weight excluding hydrogens is 425 g/mol. The van der Waals surface area contributed by atoms with Gasteiger partial charge in [0, 0.05) is 45.8 Å². The molecule has 1 saturated carbocycles. The zero-order chi connectivity index (χ0) is 17.4. The summed E-state index contributed by atoms with van der Waals surface area (Å²) in [6.07, 6.45) is 6.87. The summed E-state index contributed by atoms with van der Waals surface area (Å²) in [5.41, 5.74) is 0. The topological polar surface area (TPSA) is 34.1 Å². The van der Waals surface area contributed by atoms with Gasteiger partial charge in [0.05, 0.1) is 0 Å². The van der Waals surface area contributed by atoms with Crippen LogP contribution in [-0.4, -0.2) is 86.6 Å². The van der Waals surface area contributed by atoms with Gasteiger partial charge in [-0.1, -0.05) is 26.7 Å². The third-order valence-corrected chi connectivity index (χ3v) is 5.90. The number of nitrogens with one attached hydrogen (secondary N) is 1. The average molecular weight is 465 g/mol. The zero-order valence-corrected chi connectivity index (χ0v) is 19.2. The van der Waals surface area contributed by atoms with Crippen molar-refractivity contribution in [3.05, 3.63) is 0 Å². The molecule has 6 heteroatoms. The third-order valence-electron chi connectivity index (χ3n) is 5.90. The van der Waals surface area contributed by atoms with E-state index >= 15 is 0 Å². The summed E-state index contributed by atoms with van der Waals surface area (Å²) < 4.78 is 0. The number of rotatable bonds is 8. The molecule has 0 radical (unpaired) electrons. The highest BCUT2D eigenvalue weighted by Gasteiger charge is 2.26. The lowest BCUT2D eigenvalue weighted by molar-refractivity contribution is 0.247. The van der Waals surface area contributed by atoms with Gasteiger partial charge in [0.25, 0.3) is 0 Å². The number of guanidine groups is 1. The van der Waals surface area contributed by atoms with Crippen LogP contribution in [0.5, 0.6) is 0 Å². The highest BCUT2D eigenvalue weighted by atomic mass is 127. The van der Waals surface area contributed by atoms with Crippen LogP contribution in [0.2, 0.25) is 0 Å². The maximum absolute atomic E-state index is 4.52. The normalized spacial score (nSPS) is 22.1. The number of hydrogen-bond acceptors (Lipinski definition) is 3. The van der Waals surface area contributed by atoms with Gasteiger partial charge in [0.2, 0.25) is 0 Å². The van der Waals surface area contributed by atoms with Gasteiger partial charge in [-0.3, -0.25) is 4.99 Å². The molecule has 0 amide bonds. The number of likely N-dealkylation sites (N-methyl/N-ethyl adjacent to an activating group) is 1. The average Bonchev–Trinajstić information content (AvgIpc) is 3.28. The fourth-order valence-corrected chi connectivity index (χ4v) is 4.22. The molecule has 0 aromatic rings. The smallest absolute Gasteiger partial charge is 0.193 e. The van der Waals surface area contributed by atoms with Crippen LogP contribution >= 0.6 is 24.0 Å². The number of halogens is 1. The summed E-state index contributed by atoms with van der Waals surface area (Å²) in [5, 5.41) is 3.59.